The van der Waals surface area contributed by atoms with Gasteiger partial charge in [-0.3, -0.25) is 4.57 Å². The average molecular weight is 345 g/mol. The van der Waals surface area contributed by atoms with Crippen LogP contribution in [0.1, 0.15) is 37.1 Å². The fourth-order valence-electron chi connectivity index (χ4n) is 2.84. The van der Waals surface area contributed by atoms with E-state index >= 15 is 0 Å². The van der Waals surface area contributed by atoms with E-state index < -0.39 is 18.0 Å². The number of ether oxygens (including phenoxy) is 1. The van der Waals surface area contributed by atoms with E-state index in [-0.39, 0.29) is 17.7 Å². The molecule has 132 valence electrons. The molecule has 0 saturated carbocycles. The van der Waals surface area contributed by atoms with Crippen molar-refractivity contribution in [3.63, 3.8) is 0 Å². The van der Waals surface area contributed by atoms with Crippen molar-refractivity contribution in [1.29, 1.82) is 0 Å². The van der Waals surface area contributed by atoms with E-state index in [9.17, 15) is 14.3 Å². The second kappa shape index (κ2) is 7.16. The Morgan fingerprint density at radius 1 is 1.40 bits per heavy atom. The summed E-state index contributed by atoms with van der Waals surface area (Å²) in [5.41, 5.74) is 6.64. The molecule has 6 nitrogen and oxygen atoms in total. The number of benzene rings is 1. The van der Waals surface area contributed by atoms with Crippen LogP contribution in [0.5, 0.6) is 0 Å². The molecule has 0 spiro atoms. The molecule has 1 aliphatic heterocycles. The van der Waals surface area contributed by atoms with Crippen LogP contribution in [0.2, 0.25) is 0 Å². The van der Waals surface area contributed by atoms with Crippen LogP contribution in [0, 0.1) is 5.82 Å². The lowest BCUT2D eigenvalue weighted by Crippen LogP contribution is -2.28. The van der Waals surface area contributed by atoms with E-state index in [0.29, 0.717) is 18.4 Å². The summed E-state index contributed by atoms with van der Waals surface area (Å²) in [6, 6.07) is 5.99. The number of hydrogen-bond donors (Lipinski definition) is 2. The van der Waals surface area contributed by atoms with Crippen LogP contribution in [0.4, 0.5) is 10.2 Å². The normalized spacial score (nSPS) is 23.4. The Bertz CT molecular complexity index is 832. The number of anilines is 1. The summed E-state index contributed by atoms with van der Waals surface area (Å²) in [5, 5.41) is 9.98. The van der Waals surface area contributed by atoms with E-state index in [2.05, 4.69) is 4.98 Å². The molecule has 1 aliphatic rings. The van der Waals surface area contributed by atoms with Gasteiger partial charge in [-0.15, -0.1) is 0 Å². The van der Waals surface area contributed by atoms with Crippen LogP contribution in [0.15, 0.2) is 35.3 Å². The zero-order chi connectivity index (χ0) is 18.0. The first-order chi connectivity index (χ1) is 12.0. The first-order valence-corrected chi connectivity index (χ1v) is 8.13. The molecule has 0 aliphatic carbocycles. The lowest BCUT2D eigenvalue weighted by molar-refractivity contribution is -0.0217. The third kappa shape index (κ3) is 3.78. The van der Waals surface area contributed by atoms with Crippen molar-refractivity contribution in [1.82, 2.24) is 9.55 Å². The fraction of sp³-hybridized carbons (Fsp3) is 0.333. The number of aliphatic hydroxyl groups is 1. The smallest absolute Gasteiger partial charge is 0.351 e. The van der Waals surface area contributed by atoms with Gasteiger partial charge in [-0.1, -0.05) is 25.1 Å². The van der Waals surface area contributed by atoms with E-state index in [1.807, 2.05) is 6.92 Å². The molecule has 1 fully saturated rings. The standard InChI is InChI=1S/C18H20FN3O3/c1-2-15-14(23)9-16(25-15)22-10-12(17(20)21-18(22)24)6-3-11-4-7-13(19)8-5-11/h3-8,10,14-16,23H,2,9H2,1H3,(H2,20,21,24)/b6-3+/t14-,15-,16-/m1/s1. The van der Waals surface area contributed by atoms with E-state index in [4.69, 9.17) is 10.5 Å². The molecule has 7 heteroatoms. The van der Waals surface area contributed by atoms with E-state index in [1.165, 1.54) is 16.7 Å². The second-order valence-electron chi connectivity index (χ2n) is 6.00. The van der Waals surface area contributed by atoms with Crippen LogP contribution in [0.3, 0.4) is 0 Å². The van der Waals surface area contributed by atoms with Gasteiger partial charge in [0.25, 0.3) is 0 Å². The van der Waals surface area contributed by atoms with Gasteiger partial charge in [0.1, 0.15) is 17.9 Å². The summed E-state index contributed by atoms with van der Waals surface area (Å²) in [4.78, 5) is 16.0. The number of hydrogen-bond acceptors (Lipinski definition) is 5. The van der Waals surface area contributed by atoms with Crippen molar-refractivity contribution in [2.24, 2.45) is 0 Å². The number of aliphatic hydroxyl groups excluding tert-OH is 1. The number of nitrogens with zero attached hydrogens (tertiary/aromatic N) is 2. The van der Waals surface area contributed by atoms with Gasteiger partial charge in [0.2, 0.25) is 0 Å². The van der Waals surface area contributed by atoms with Gasteiger partial charge in [-0.2, -0.15) is 4.98 Å². The van der Waals surface area contributed by atoms with Gasteiger partial charge in [0.15, 0.2) is 0 Å². The van der Waals surface area contributed by atoms with Gasteiger partial charge in [-0.25, -0.2) is 9.18 Å². The Kier molecular flexibility index (Phi) is 4.96. The molecule has 3 rings (SSSR count). The Morgan fingerprint density at radius 3 is 2.76 bits per heavy atom. The molecule has 3 N–H and O–H groups in total. The van der Waals surface area contributed by atoms with Crippen LogP contribution in [-0.4, -0.2) is 26.9 Å². The van der Waals surface area contributed by atoms with Crippen LogP contribution in [0.25, 0.3) is 12.2 Å². The summed E-state index contributed by atoms with van der Waals surface area (Å²) < 4.78 is 20.0. The van der Waals surface area contributed by atoms with Crippen LogP contribution < -0.4 is 11.4 Å². The van der Waals surface area contributed by atoms with Gasteiger partial charge in [-0.05, 0) is 30.2 Å². The minimum atomic E-state index is -0.613. The number of aromatic nitrogens is 2. The maximum Gasteiger partial charge on any atom is 0.351 e. The first-order valence-electron chi connectivity index (χ1n) is 8.13. The number of nitrogens with two attached hydrogens (primary N) is 1. The third-order valence-electron chi connectivity index (χ3n) is 4.25. The number of halogens is 1. The molecular formula is C18H20FN3O3. The van der Waals surface area contributed by atoms with Crippen molar-refractivity contribution in [2.45, 2.75) is 38.2 Å². The first kappa shape index (κ1) is 17.3. The minimum Gasteiger partial charge on any atom is -0.390 e. The minimum absolute atomic E-state index is 0.102. The van der Waals surface area contributed by atoms with Crippen LogP contribution in [-0.2, 0) is 4.74 Å². The number of rotatable bonds is 4. The highest BCUT2D eigenvalue weighted by Gasteiger charge is 2.34. The zero-order valence-corrected chi connectivity index (χ0v) is 13.8. The van der Waals surface area contributed by atoms with Crippen molar-refractivity contribution in [3.8, 4) is 0 Å². The van der Waals surface area contributed by atoms with E-state index in [0.717, 1.165) is 5.56 Å². The Balaban J connectivity index is 1.88. The van der Waals surface area contributed by atoms with Gasteiger partial charge >= 0.3 is 5.69 Å². The predicted octanol–water partition coefficient (Wildman–Crippen LogP) is 2.19. The maximum absolute atomic E-state index is 13.0. The summed E-state index contributed by atoms with van der Waals surface area (Å²) in [6.45, 7) is 1.91. The molecule has 0 bridgehead atoms. The Hall–Kier alpha value is -2.51. The highest BCUT2D eigenvalue weighted by Crippen LogP contribution is 2.29. The molecule has 1 aromatic carbocycles. The molecule has 2 heterocycles. The lowest BCUT2D eigenvalue weighted by atomic mass is 10.1. The highest BCUT2D eigenvalue weighted by molar-refractivity contribution is 5.73. The van der Waals surface area contributed by atoms with Crippen molar-refractivity contribution in [3.05, 3.63) is 57.9 Å². The quantitative estimate of drug-likeness (QED) is 0.886. The highest BCUT2D eigenvalue weighted by atomic mass is 19.1. The summed E-state index contributed by atoms with van der Waals surface area (Å²) in [5.74, 6) is -0.209. The van der Waals surface area contributed by atoms with Gasteiger partial charge in [0, 0.05) is 18.2 Å². The summed E-state index contributed by atoms with van der Waals surface area (Å²) >= 11 is 0. The SMILES string of the molecule is CC[C@H]1O[C@@H](n2cc(/C=C/c3ccc(F)cc3)c(N)nc2=O)C[C@H]1O. The van der Waals surface area contributed by atoms with Gasteiger partial charge in [0.05, 0.1) is 12.2 Å². The Morgan fingerprint density at radius 2 is 2.12 bits per heavy atom. The zero-order valence-electron chi connectivity index (χ0n) is 13.8. The predicted molar refractivity (Wildman–Crippen MR) is 93.1 cm³/mol. The monoisotopic (exact) mass is 345 g/mol. The molecule has 3 atom stereocenters. The summed E-state index contributed by atoms with van der Waals surface area (Å²) in [6.07, 6.45) is 4.52. The molecule has 2 aromatic rings. The maximum atomic E-state index is 13.0. The molecular weight excluding hydrogens is 325 g/mol. The molecule has 1 saturated heterocycles. The average Bonchev–Trinajstić information content (AvgIpc) is 2.96. The fourth-order valence-corrected chi connectivity index (χ4v) is 2.84. The molecule has 1 aromatic heterocycles. The second-order valence-corrected chi connectivity index (χ2v) is 6.00. The van der Waals surface area contributed by atoms with Crippen molar-refractivity contribution < 1.29 is 14.2 Å². The van der Waals surface area contributed by atoms with E-state index in [1.54, 1.807) is 30.5 Å². The molecule has 0 unspecified atom stereocenters. The molecule has 0 radical (unpaired) electrons. The topological polar surface area (TPSA) is 90.4 Å². The van der Waals surface area contributed by atoms with Crippen molar-refractivity contribution in [2.75, 3.05) is 5.73 Å². The van der Waals surface area contributed by atoms with Crippen LogP contribution >= 0.6 is 0 Å². The Labute approximate surface area is 144 Å². The molecule has 25 heavy (non-hydrogen) atoms. The van der Waals surface area contributed by atoms with Gasteiger partial charge < -0.3 is 15.6 Å². The lowest BCUT2D eigenvalue weighted by Gasteiger charge is -2.15. The van der Waals surface area contributed by atoms with Crippen molar-refractivity contribution >= 4 is 18.0 Å². The largest absolute Gasteiger partial charge is 0.390 e. The number of nitrogen functional groups attached to an aromatic ring is 1. The summed E-state index contributed by atoms with van der Waals surface area (Å²) in [7, 11) is 0. The third-order valence-corrected chi connectivity index (χ3v) is 4.25. The molecule has 0 amide bonds.